The minimum Gasteiger partial charge on any atom is -0.339 e. The molecule has 9 heteroatoms. The highest BCUT2D eigenvalue weighted by Gasteiger charge is 2.45. The van der Waals surface area contributed by atoms with E-state index in [0.29, 0.717) is 62.1 Å². The number of aryl methyl sites for hydroxylation is 2. The van der Waals surface area contributed by atoms with Crippen LogP contribution in [0.25, 0.3) is 0 Å². The van der Waals surface area contributed by atoms with E-state index in [1.807, 2.05) is 27.7 Å². The molecule has 0 spiro atoms. The second-order valence-electron chi connectivity index (χ2n) is 9.63. The van der Waals surface area contributed by atoms with E-state index in [-0.39, 0.29) is 11.9 Å². The number of fused-ring (bicyclic) bond motifs is 4. The van der Waals surface area contributed by atoms with Crippen molar-refractivity contribution in [3.05, 3.63) is 17.5 Å². The molecule has 9 nitrogen and oxygen atoms in total. The summed E-state index contributed by atoms with van der Waals surface area (Å²) in [6, 6.07) is 2.21. The van der Waals surface area contributed by atoms with Gasteiger partial charge in [0.2, 0.25) is 5.91 Å². The first-order chi connectivity index (χ1) is 14.9. The highest BCUT2D eigenvalue weighted by molar-refractivity contribution is 5.93. The van der Waals surface area contributed by atoms with E-state index in [2.05, 4.69) is 10.00 Å². The Hall–Kier alpha value is -2.58. The molecule has 4 saturated heterocycles. The summed E-state index contributed by atoms with van der Waals surface area (Å²) in [6.45, 7) is 6.36. The lowest BCUT2D eigenvalue weighted by molar-refractivity contribution is -0.144. The quantitative estimate of drug-likeness (QED) is 0.667. The molecule has 1 aromatic rings. The van der Waals surface area contributed by atoms with Crippen LogP contribution in [0.3, 0.4) is 0 Å². The predicted molar refractivity (Wildman–Crippen MR) is 113 cm³/mol. The Morgan fingerprint density at radius 1 is 1.03 bits per heavy atom. The van der Waals surface area contributed by atoms with E-state index in [1.165, 1.54) is 0 Å². The van der Waals surface area contributed by atoms with Gasteiger partial charge in [-0.3, -0.25) is 14.3 Å². The first-order valence-corrected chi connectivity index (χ1v) is 11.5. The summed E-state index contributed by atoms with van der Waals surface area (Å²) in [5.41, 5.74) is 1.42. The second-order valence-corrected chi connectivity index (χ2v) is 9.63. The number of amides is 4. The van der Waals surface area contributed by atoms with Crippen molar-refractivity contribution in [2.45, 2.75) is 38.6 Å². The third kappa shape index (κ3) is 3.68. The smallest absolute Gasteiger partial charge is 0.320 e. The molecule has 0 N–H and O–H groups in total. The number of hydrogen-bond acceptors (Lipinski definition) is 4. The number of urea groups is 1. The average molecular weight is 429 g/mol. The first-order valence-electron chi connectivity index (χ1n) is 11.5. The van der Waals surface area contributed by atoms with Crippen LogP contribution in [-0.4, -0.2) is 99.1 Å². The Balaban J connectivity index is 1.19. The first kappa shape index (κ1) is 20.3. The summed E-state index contributed by atoms with van der Waals surface area (Å²) in [5.74, 6) is 1.06. The van der Waals surface area contributed by atoms with Crippen LogP contribution < -0.4 is 0 Å². The van der Waals surface area contributed by atoms with Crippen molar-refractivity contribution >= 4 is 17.8 Å². The molecule has 4 aliphatic rings. The lowest BCUT2D eigenvalue weighted by Crippen LogP contribution is -2.63. The van der Waals surface area contributed by atoms with Crippen molar-refractivity contribution in [1.29, 1.82) is 0 Å². The zero-order chi connectivity index (χ0) is 21.7. The van der Waals surface area contributed by atoms with Gasteiger partial charge in [-0.15, -0.1) is 0 Å². The molecule has 0 radical (unpaired) electrons. The zero-order valence-corrected chi connectivity index (χ0v) is 18.5. The van der Waals surface area contributed by atoms with Crippen LogP contribution in [0, 0.1) is 18.8 Å². The van der Waals surface area contributed by atoms with Gasteiger partial charge in [-0.25, -0.2) is 4.79 Å². The SMILES string of the molecule is Cc1cc(C(=O)N2CCN(C(=O)N3CC4CC(C3)[C@H]3CCCC(=O)N3C4)CC2)n(C)n1. The number of carbonyl (C=O) groups excluding carboxylic acids is 3. The van der Waals surface area contributed by atoms with Crippen LogP contribution in [0.4, 0.5) is 4.79 Å². The van der Waals surface area contributed by atoms with Gasteiger partial charge in [-0.1, -0.05) is 0 Å². The van der Waals surface area contributed by atoms with Crippen LogP contribution in [0.1, 0.15) is 41.9 Å². The predicted octanol–water partition coefficient (Wildman–Crippen LogP) is 0.939. The van der Waals surface area contributed by atoms with Gasteiger partial charge >= 0.3 is 6.03 Å². The van der Waals surface area contributed by atoms with Crippen LogP contribution in [0.15, 0.2) is 6.07 Å². The van der Waals surface area contributed by atoms with Crippen LogP contribution in [0.5, 0.6) is 0 Å². The molecule has 5 rings (SSSR count). The molecule has 4 aliphatic heterocycles. The third-order valence-corrected chi connectivity index (χ3v) is 7.51. The Morgan fingerprint density at radius 3 is 2.48 bits per heavy atom. The van der Waals surface area contributed by atoms with Crippen molar-refractivity contribution < 1.29 is 14.4 Å². The van der Waals surface area contributed by atoms with E-state index in [1.54, 1.807) is 11.7 Å². The zero-order valence-electron chi connectivity index (χ0n) is 18.5. The van der Waals surface area contributed by atoms with Gasteiger partial charge < -0.3 is 19.6 Å². The van der Waals surface area contributed by atoms with E-state index in [9.17, 15) is 14.4 Å². The maximum Gasteiger partial charge on any atom is 0.320 e. The van der Waals surface area contributed by atoms with Crippen LogP contribution in [0.2, 0.25) is 0 Å². The molecule has 5 heterocycles. The fourth-order valence-corrected chi connectivity index (χ4v) is 6.04. The number of nitrogens with zero attached hydrogens (tertiary/aromatic N) is 6. The third-order valence-electron chi connectivity index (χ3n) is 7.51. The number of rotatable bonds is 1. The number of piperazine rings is 1. The van der Waals surface area contributed by atoms with Gasteiger partial charge in [0.15, 0.2) is 0 Å². The average Bonchev–Trinajstić information content (AvgIpc) is 3.11. The van der Waals surface area contributed by atoms with Crippen molar-refractivity contribution in [1.82, 2.24) is 29.4 Å². The van der Waals surface area contributed by atoms with E-state index in [0.717, 1.165) is 44.6 Å². The lowest BCUT2D eigenvalue weighted by atomic mass is 9.76. The highest BCUT2D eigenvalue weighted by atomic mass is 16.2. The lowest BCUT2D eigenvalue weighted by Gasteiger charge is -2.53. The van der Waals surface area contributed by atoms with E-state index < -0.39 is 0 Å². The molecule has 4 amide bonds. The summed E-state index contributed by atoms with van der Waals surface area (Å²) < 4.78 is 1.63. The molecule has 31 heavy (non-hydrogen) atoms. The van der Waals surface area contributed by atoms with Crippen molar-refractivity contribution in [2.75, 3.05) is 45.8 Å². The number of piperidine rings is 3. The van der Waals surface area contributed by atoms with Gasteiger partial charge in [0.05, 0.1) is 5.69 Å². The molecule has 1 aromatic heterocycles. The molecule has 4 fully saturated rings. The van der Waals surface area contributed by atoms with Gasteiger partial charge in [0.25, 0.3) is 5.91 Å². The fourth-order valence-electron chi connectivity index (χ4n) is 6.04. The molecule has 0 aromatic carbocycles. The Labute approximate surface area is 182 Å². The van der Waals surface area contributed by atoms with Crippen LogP contribution in [-0.2, 0) is 11.8 Å². The van der Waals surface area contributed by atoms with Gasteiger partial charge in [0.1, 0.15) is 5.69 Å². The van der Waals surface area contributed by atoms with E-state index in [4.69, 9.17) is 0 Å². The fraction of sp³-hybridized carbons (Fsp3) is 0.727. The molecular formula is C22H32N6O3. The Morgan fingerprint density at radius 2 is 1.77 bits per heavy atom. The molecule has 168 valence electrons. The van der Waals surface area contributed by atoms with Crippen molar-refractivity contribution in [2.24, 2.45) is 18.9 Å². The van der Waals surface area contributed by atoms with Crippen molar-refractivity contribution in [3.63, 3.8) is 0 Å². The number of likely N-dealkylation sites (tertiary alicyclic amines) is 1. The minimum atomic E-state index is -0.0234. The van der Waals surface area contributed by atoms with E-state index >= 15 is 0 Å². The number of hydrogen-bond donors (Lipinski definition) is 0. The standard InChI is InChI=1S/C22H32N6O3/c1-15-10-19(24(2)23-15)21(30)25-6-8-26(9-7-25)22(31)27-12-16-11-17(14-27)18-4-3-5-20(29)28(18)13-16/h10,16-18H,3-9,11-14H2,1-2H3/t16?,17?,18-/m1/s1. The number of aromatic nitrogens is 2. The van der Waals surface area contributed by atoms with Crippen molar-refractivity contribution in [3.8, 4) is 0 Å². The maximum atomic E-state index is 13.3. The van der Waals surface area contributed by atoms with Gasteiger partial charge in [-0.2, -0.15) is 5.10 Å². The minimum absolute atomic E-state index is 0.0234. The summed E-state index contributed by atoms with van der Waals surface area (Å²) in [6.07, 6.45) is 3.85. The normalized spacial score (nSPS) is 28.6. The Kier molecular flexibility index (Phi) is 5.14. The topological polar surface area (TPSA) is 82.0 Å². The van der Waals surface area contributed by atoms with Crippen LogP contribution >= 0.6 is 0 Å². The largest absolute Gasteiger partial charge is 0.339 e. The number of carbonyl (C=O) groups is 3. The van der Waals surface area contributed by atoms with Gasteiger partial charge in [0, 0.05) is 65.3 Å². The summed E-state index contributed by atoms with van der Waals surface area (Å²) in [7, 11) is 1.79. The monoisotopic (exact) mass is 428 g/mol. The summed E-state index contributed by atoms with van der Waals surface area (Å²) in [4.78, 5) is 46.2. The Bertz CT molecular complexity index is 890. The molecule has 0 aliphatic carbocycles. The molecule has 2 unspecified atom stereocenters. The summed E-state index contributed by atoms with van der Waals surface area (Å²) in [5, 5.41) is 4.27. The maximum absolute atomic E-state index is 13.3. The second kappa shape index (κ2) is 7.84. The molecule has 2 bridgehead atoms. The molecule has 3 atom stereocenters. The molecule has 0 saturated carbocycles. The summed E-state index contributed by atoms with van der Waals surface area (Å²) >= 11 is 0. The highest BCUT2D eigenvalue weighted by Crippen LogP contribution is 2.38. The molecular weight excluding hydrogens is 396 g/mol. The van der Waals surface area contributed by atoms with Gasteiger partial charge in [-0.05, 0) is 44.1 Å².